The van der Waals surface area contributed by atoms with Gasteiger partial charge in [-0.15, -0.1) is 0 Å². The molecule has 2 rings (SSSR count). The SMILES string of the molecule is NC(Cc1ccc(Cl)c(Cl)c1)c1ccc(Cl)o1. The zero-order valence-electron chi connectivity index (χ0n) is 8.79. The Morgan fingerprint density at radius 3 is 2.41 bits per heavy atom. The maximum absolute atomic E-state index is 6.00. The first kappa shape index (κ1) is 12.8. The summed E-state index contributed by atoms with van der Waals surface area (Å²) in [7, 11) is 0. The van der Waals surface area contributed by atoms with Gasteiger partial charge in [0.05, 0.1) is 16.1 Å². The Balaban J connectivity index is 2.12. The third-order valence-corrected chi connectivity index (χ3v) is 3.34. The summed E-state index contributed by atoms with van der Waals surface area (Å²) in [5.41, 5.74) is 7.00. The van der Waals surface area contributed by atoms with Crippen molar-refractivity contribution in [3.05, 3.63) is 56.9 Å². The fourth-order valence-electron chi connectivity index (χ4n) is 1.55. The number of benzene rings is 1. The summed E-state index contributed by atoms with van der Waals surface area (Å²) in [4.78, 5) is 0. The maximum atomic E-state index is 6.00. The van der Waals surface area contributed by atoms with E-state index in [9.17, 15) is 0 Å². The van der Waals surface area contributed by atoms with Gasteiger partial charge in [-0.05, 0) is 47.9 Å². The summed E-state index contributed by atoms with van der Waals surface area (Å²) in [6.45, 7) is 0. The number of rotatable bonds is 3. The fourth-order valence-corrected chi connectivity index (χ4v) is 2.02. The van der Waals surface area contributed by atoms with E-state index in [0.717, 1.165) is 5.56 Å². The van der Waals surface area contributed by atoms with Gasteiger partial charge in [-0.2, -0.15) is 0 Å². The second-order valence-electron chi connectivity index (χ2n) is 3.70. The Bertz CT molecular complexity index is 524. The van der Waals surface area contributed by atoms with Crippen LogP contribution in [0.1, 0.15) is 17.4 Å². The van der Waals surface area contributed by atoms with Crippen LogP contribution in [0.4, 0.5) is 0 Å². The summed E-state index contributed by atoms with van der Waals surface area (Å²) in [6, 6.07) is 8.63. The molecule has 0 radical (unpaired) electrons. The van der Waals surface area contributed by atoms with Crippen molar-refractivity contribution in [1.29, 1.82) is 0 Å². The van der Waals surface area contributed by atoms with Gasteiger partial charge in [-0.3, -0.25) is 0 Å². The fraction of sp³-hybridized carbons (Fsp3) is 0.167. The zero-order valence-corrected chi connectivity index (χ0v) is 11.1. The Kier molecular flexibility index (Phi) is 4.00. The normalized spacial score (nSPS) is 12.7. The molecule has 17 heavy (non-hydrogen) atoms. The molecule has 1 heterocycles. The largest absolute Gasteiger partial charge is 0.448 e. The highest BCUT2D eigenvalue weighted by Crippen LogP contribution is 2.26. The minimum absolute atomic E-state index is 0.250. The second kappa shape index (κ2) is 5.32. The Morgan fingerprint density at radius 2 is 1.82 bits per heavy atom. The number of halogens is 3. The van der Waals surface area contributed by atoms with E-state index in [2.05, 4.69) is 0 Å². The first-order valence-corrected chi connectivity index (χ1v) is 6.14. The molecule has 2 N–H and O–H groups in total. The van der Waals surface area contributed by atoms with E-state index in [0.29, 0.717) is 27.4 Å². The maximum Gasteiger partial charge on any atom is 0.193 e. The predicted molar refractivity (Wildman–Crippen MR) is 70.8 cm³/mol. The van der Waals surface area contributed by atoms with Crippen molar-refractivity contribution in [2.45, 2.75) is 12.5 Å². The molecular weight excluding hydrogens is 280 g/mol. The molecule has 1 unspecified atom stereocenters. The third-order valence-electron chi connectivity index (χ3n) is 2.40. The van der Waals surface area contributed by atoms with E-state index in [1.54, 1.807) is 24.3 Å². The Hall–Kier alpha value is -0.670. The van der Waals surface area contributed by atoms with Crippen molar-refractivity contribution in [3.63, 3.8) is 0 Å². The number of nitrogens with two attached hydrogens (primary N) is 1. The monoisotopic (exact) mass is 289 g/mol. The van der Waals surface area contributed by atoms with Crippen LogP contribution in [0.15, 0.2) is 34.7 Å². The lowest BCUT2D eigenvalue weighted by Crippen LogP contribution is -2.12. The average molecular weight is 291 g/mol. The molecule has 0 aliphatic rings. The summed E-state index contributed by atoms with van der Waals surface area (Å²) in [5, 5.41) is 1.39. The highest BCUT2D eigenvalue weighted by atomic mass is 35.5. The first-order chi connectivity index (χ1) is 8.06. The second-order valence-corrected chi connectivity index (χ2v) is 4.89. The zero-order chi connectivity index (χ0) is 12.4. The average Bonchev–Trinajstić information content (AvgIpc) is 2.70. The van der Waals surface area contributed by atoms with Crippen molar-refractivity contribution in [3.8, 4) is 0 Å². The number of hydrogen-bond acceptors (Lipinski definition) is 2. The van der Waals surface area contributed by atoms with Crippen molar-refractivity contribution in [2.75, 3.05) is 0 Å². The van der Waals surface area contributed by atoms with Gasteiger partial charge < -0.3 is 10.2 Å². The van der Waals surface area contributed by atoms with Crippen LogP contribution in [0.25, 0.3) is 0 Å². The highest BCUT2D eigenvalue weighted by molar-refractivity contribution is 6.42. The van der Waals surface area contributed by atoms with Crippen LogP contribution in [-0.4, -0.2) is 0 Å². The van der Waals surface area contributed by atoms with Crippen LogP contribution in [0.3, 0.4) is 0 Å². The van der Waals surface area contributed by atoms with Gasteiger partial charge in [0.25, 0.3) is 0 Å². The van der Waals surface area contributed by atoms with Crippen LogP contribution in [0.2, 0.25) is 15.3 Å². The molecule has 0 saturated carbocycles. The van der Waals surface area contributed by atoms with E-state index >= 15 is 0 Å². The third kappa shape index (κ3) is 3.17. The van der Waals surface area contributed by atoms with Crippen LogP contribution < -0.4 is 5.73 Å². The van der Waals surface area contributed by atoms with Gasteiger partial charge in [0, 0.05) is 0 Å². The van der Waals surface area contributed by atoms with Gasteiger partial charge in [0.15, 0.2) is 5.22 Å². The molecule has 2 nitrogen and oxygen atoms in total. The Labute approximate surface area is 114 Å². The van der Waals surface area contributed by atoms with Crippen molar-refractivity contribution < 1.29 is 4.42 Å². The lowest BCUT2D eigenvalue weighted by atomic mass is 10.1. The van der Waals surface area contributed by atoms with Gasteiger partial charge in [-0.1, -0.05) is 29.3 Å². The Morgan fingerprint density at radius 1 is 1.06 bits per heavy atom. The summed E-state index contributed by atoms with van der Waals surface area (Å²) < 4.78 is 5.25. The van der Waals surface area contributed by atoms with E-state index < -0.39 is 0 Å². The lowest BCUT2D eigenvalue weighted by molar-refractivity contribution is 0.466. The van der Waals surface area contributed by atoms with E-state index in [1.807, 2.05) is 6.07 Å². The number of furan rings is 1. The molecular formula is C12H10Cl3NO. The summed E-state index contributed by atoms with van der Waals surface area (Å²) in [5.74, 6) is 0.654. The minimum Gasteiger partial charge on any atom is -0.448 e. The molecule has 0 aliphatic carbocycles. The first-order valence-electron chi connectivity index (χ1n) is 5.01. The molecule has 90 valence electrons. The summed E-state index contributed by atoms with van der Waals surface area (Å²) >= 11 is 17.5. The van der Waals surface area contributed by atoms with Crippen LogP contribution in [0, 0.1) is 0 Å². The van der Waals surface area contributed by atoms with Gasteiger partial charge in [0.1, 0.15) is 5.76 Å². The topological polar surface area (TPSA) is 39.2 Å². The van der Waals surface area contributed by atoms with Gasteiger partial charge in [0.2, 0.25) is 0 Å². The van der Waals surface area contributed by atoms with Crippen molar-refractivity contribution in [1.82, 2.24) is 0 Å². The smallest absolute Gasteiger partial charge is 0.193 e. The van der Waals surface area contributed by atoms with Crippen LogP contribution in [-0.2, 0) is 6.42 Å². The van der Waals surface area contributed by atoms with Gasteiger partial charge in [-0.25, -0.2) is 0 Å². The molecule has 1 aromatic heterocycles. The molecule has 5 heteroatoms. The van der Waals surface area contributed by atoms with Crippen LogP contribution in [0.5, 0.6) is 0 Å². The van der Waals surface area contributed by atoms with E-state index in [-0.39, 0.29) is 6.04 Å². The molecule has 0 fully saturated rings. The summed E-state index contributed by atoms with van der Waals surface area (Å²) in [6.07, 6.45) is 0.612. The van der Waals surface area contributed by atoms with Gasteiger partial charge >= 0.3 is 0 Å². The molecule has 0 saturated heterocycles. The van der Waals surface area contributed by atoms with Crippen molar-refractivity contribution in [2.24, 2.45) is 5.73 Å². The molecule has 0 aliphatic heterocycles. The minimum atomic E-state index is -0.250. The quantitative estimate of drug-likeness (QED) is 0.905. The van der Waals surface area contributed by atoms with E-state index in [1.165, 1.54) is 0 Å². The lowest BCUT2D eigenvalue weighted by Gasteiger charge is -2.09. The molecule has 0 spiro atoms. The van der Waals surface area contributed by atoms with Crippen LogP contribution >= 0.6 is 34.8 Å². The molecule has 1 atom stereocenters. The van der Waals surface area contributed by atoms with Crippen molar-refractivity contribution >= 4 is 34.8 Å². The molecule has 1 aromatic carbocycles. The molecule has 0 amide bonds. The predicted octanol–water partition coefficient (Wildman–Crippen LogP) is 4.48. The standard InChI is InChI=1S/C12H10Cl3NO/c13-8-2-1-7(5-9(8)14)6-10(16)11-3-4-12(15)17-11/h1-5,10H,6,16H2. The molecule has 2 aromatic rings. The number of hydrogen-bond donors (Lipinski definition) is 1. The highest BCUT2D eigenvalue weighted by Gasteiger charge is 2.12. The molecule has 0 bridgehead atoms. The van der Waals surface area contributed by atoms with E-state index in [4.69, 9.17) is 45.0 Å².